The number of nitrogens with zero attached hydrogens (tertiary/aromatic N) is 2. The SMILES string of the molecule is CCC1CCCCC1Nc1nc(C2CC2)nc(Cl)c1C. The molecule has 2 saturated carbocycles. The molecule has 3 rings (SSSR count). The molecule has 1 aromatic heterocycles. The molecule has 2 aliphatic rings. The number of nitrogens with one attached hydrogen (secondary N) is 1. The van der Waals surface area contributed by atoms with Crippen LogP contribution in [0.3, 0.4) is 0 Å². The maximum absolute atomic E-state index is 6.29. The summed E-state index contributed by atoms with van der Waals surface area (Å²) in [6.45, 7) is 4.31. The number of aromatic nitrogens is 2. The third-order valence-electron chi connectivity index (χ3n) is 4.80. The van der Waals surface area contributed by atoms with E-state index < -0.39 is 0 Å². The summed E-state index contributed by atoms with van der Waals surface area (Å²) in [4.78, 5) is 9.19. The average Bonchev–Trinajstić information content (AvgIpc) is 3.28. The summed E-state index contributed by atoms with van der Waals surface area (Å²) < 4.78 is 0. The molecule has 1 N–H and O–H groups in total. The number of halogens is 1. The van der Waals surface area contributed by atoms with Crippen LogP contribution in [0.25, 0.3) is 0 Å². The Morgan fingerprint density at radius 2 is 1.90 bits per heavy atom. The second-order valence-corrected chi connectivity index (χ2v) is 6.68. The van der Waals surface area contributed by atoms with Gasteiger partial charge in [0.25, 0.3) is 0 Å². The van der Waals surface area contributed by atoms with Crippen LogP contribution in [-0.2, 0) is 0 Å². The molecule has 2 unspecified atom stereocenters. The van der Waals surface area contributed by atoms with E-state index in [1.165, 1.54) is 44.9 Å². The van der Waals surface area contributed by atoms with E-state index in [-0.39, 0.29) is 0 Å². The smallest absolute Gasteiger partial charge is 0.137 e. The van der Waals surface area contributed by atoms with Crippen LogP contribution < -0.4 is 5.32 Å². The zero-order valence-corrected chi connectivity index (χ0v) is 13.2. The minimum absolute atomic E-state index is 0.543. The lowest BCUT2D eigenvalue weighted by molar-refractivity contribution is 0.316. The van der Waals surface area contributed by atoms with Crippen molar-refractivity contribution in [3.8, 4) is 0 Å². The van der Waals surface area contributed by atoms with Crippen LogP contribution in [0.1, 0.15) is 69.2 Å². The van der Waals surface area contributed by atoms with Gasteiger partial charge in [0.15, 0.2) is 0 Å². The standard InChI is InChI=1S/C16H24ClN3/c1-3-11-6-4-5-7-13(11)18-15-10(2)14(17)19-16(20-15)12-8-9-12/h11-13H,3-9H2,1-2H3,(H,18,19,20). The lowest BCUT2D eigenvalue weighted by atomic mass is 9.83. The fraction of sp³-hybridized carbons (Fsp3) is 0.750. The first-order valence-corrected chi connectivity index (χ1v) is 8.37. The molecule has 0 aromatic carbocycles. The number of anilines is 1. The van der Waals surface area contributed by atoms with Crippen LogP contribution in [0.15, 0.2) is 0 Å². The summed E-state index contributed by atoms with van der Waals surface area (Å²) in [6, 6.07) is 0.547. The van der Waals surface area contributed by atoms with Gasteiger partial charge < -0.3 is 5.32 Å². The lowest BCUT2D eigenvalue weighted by Crippen LogP contribution is -2.32. The van der Waals surface area contributed by atoms with Gasteiger partial charge in [-0.05, 0) is 38.5 Å². The van der Waals surface area contributed by atoms with E-state index in [1.54, 1.807) is 0 Å². The quantitative estimate of drug-likeness (QED) is 0.818. The third kappa shape index (κ3) is 2.93. The first-order chi connectivity index (χ1) is 9.69. The molecule has 1 heterocycles. The van der Waals surface area contributed by atoms with Gasteiger partial charge in [0.05, 0.1) is 0 Å². The molecule has 20 heavy (non-hydrogen) atoms. The van der Waals surface area contributed by atoms with Crippen LogP contribution in [0.5, 0.6) is 0 Å². The van der Waals surface area contributed by atoms with Crippen LogP contribution in [0.2, 0.25) is 5.15 Å². The number of hydrogen-bond acceptors (Lipinski definition) is 3. The molecule has 0 saturated heterocycles. The third-order valence-corrected chi connectivity index (χ3v) is 5.17. The van der Waals surface area contributed by atoms with Gasteiger partial charge in [0, 0.05) is 17.5 Å². The van der Waals surface area contributed by atoms with Crippen molar-refractivity contribution in [2.45, 2.75) is 70.8 Å². The zero-order chi connectivity index (χ0) is 14.1. The van der Waals surface area contributed by atoms with Crippen molar-refractivity contribution >= 4 is 17.4 Å². The van der Waals surface area contributed by atoms with Crippen LogP contribution in [-0.4, -0.2) is 16.0 Å². The van der Waals surface area contributed by atoms with Crippen molar-refractivity contribution in [2.75, 3.05) is 5.32 Å². The van der Waals surface area contributed by atoms with E-state index >= 15 is 0 Å². The molecule has 0 bridgehead atoms. The normalized spacial score (nSPS) is 26.6. The zero-order valence-electron chi connectivity index (χ0n) is 12.5. The predicted octanol–water partition coefficient (Wildman–Crippen LogP) is 4.70. The van der Waals surface area contributed by atoms with Crippen molar-refractivity contribution < 1.29 is 0 Å². The Morgan fingerprint density at radius 3 is 2.60 bits per heavy atom. The van der Waals surface area contributed by atoms with Gasteiger partial charge in [-0.15, -0.1) is 0 Å². The Kier molecular flexibility index (Phi) is 4.16. The Hall–Kier alpha value is -0.830. The topological polar surface area (TPSA) is 37.8 Å². The summed E-state index contributed by atoms with van der Waals surface area (Å²) in [5, 5.41) is 4.30. The second-order valence-electron chi connectivity index (χ2n) is 6.32. The molecule has 0 spiro atoms. The fourth-order valence-corrected chi connectivity index (χ4v) is 3.41. The molecule has 110 valence electrons. The summed E-state index contributed by atoms with van der Waals surface area (Å²) in [5.74, 6) is 3.22. The molecule has 0 aliphatic heterocycles. The molecule has 0 radical (unpaired) electrons. The van der Waals surface area contributed by atoms with Gasteiger partial charge in [-0.2, -0.15) is 0 Å². The molecule has 1 aromatic rings. The van der Waals surface area contributed by atoms with E-state index in [4.69, 9.17) is 16.6 Å². The molecule has 2 fully saturated rings. The molecule has 0 amide bonds. The summed E-state index contributed by atoms with van der Waals surface area (Å²) in [6.07, 6.45) is 8.93. The van der Waals surface area contributed by atoms with Crippen molar-refractivity contribution in [1.82, 2.24) is 9.97 Å². The number of rotatable bonds is 4. The van der Waals surface area contributed by atoms with Gasteiger partial charge >= 0.3 is 0 Å². The van der Waals surface area contributed by atoms with Gasteiger partial charge in [-0.1, -0.05) is 37.8 Å². The van der Waals surface area contributed by atoms with Crippen LogP contribution in [0.4, 0.5) is 5.82 Å². The minimum Gasteiger partial charge on any atom is -0.367 e. The summed E-state index contributed by atoms with van der Waals surface area (Å²) in [5.41, 5.74) is 0.997. The summed E-state index contributed by atoms with van der Waals surface area (Å²) >= 11 is 6.29. The largest absolute Gasteiger partial charge is 0.367 e. The first kappa shape index (κ1) is 14.1. The van der Waals surface area contributed by atoms with Gasteiger partial charge in [-0.25, -0.2) is 9.97 Å². The van der Waals surface area contributed by atoms with E-state index in [0.717, 1.165) is 23.1 Å². The molecule has 2 aliphatic carbocycles. The maximum atomic E-state index is 6.29. The van der Waals surface area contributed by atoms with Gasteiger partial charge in [0.1, 0.15) is 16.8 Å². The van der Waals surface area contributed by atoms with Crippen LogP contribution in [0, 0.1) is 12.8 Å². The Morgan fingerprint density at radius 1 is 1.15 bits per heavy atom. The first-order valence-electron chi connectivity index (χ1n) is 7.99. The molecular formula is C16H24ClN3. The van der Waals surface area contributed by atoms with E-state index in [9.17, 15) is 0 Å². The highest BCUT2D eigenvalue weighted by Crippen LogP contribution is 2.40. The highest BCUT2D eigenvalue weighted by molar-refractivity contribution is 6.30. The van der Waals surface area contributed by atoms with E-state index in [0.29, 0.717) is 17.1 Å². The lowest BCUT2D eigenvalue weighted by Gasteiger charge is -2.32. The molecule has 2 atom stereocenters. The highest BCUT2D eigenvalue weighted by Gasteiger charge is 2.29. The maximum Gasteiger partial charge on any atom is 0.137 e. The Bertz CT molecular complexity index is 485. The van der Waals surface area contributed by atoms with E-state index in [2.05, 4.69) is 17.2 Å². The highest BCUT2D eigenvalue weighted by atomic mass is 35.5. The predicted molar refractivity (Wildman–Crippen MR) is 83.4 cm³/mol. The monoisotopic (exact) mass is 293 g/mol. The second kappa shape index (κ2) is 5.88. The average molecular weight is 294 g/mol. The summed E-state index contributed by atoms with van der Waals surface area (Å²) in [7, 11) is 0. The van der Waals surface area contributed by atoms with Crippen molar-refractivity contribution in [3.05, 3.63) is 16.5 Å². The minimum atomic E-state index is 0.543. The Balaban J connectivity index is 1.81. The number of hydrogen-bond donors (Lipinski definition) is 1. The van der Waals surface area contributed by atoms with E-state index in [1.807, 2.05) is 6.92 Å². The Labute approximate surface area is 126 Å². The van der Waals surface area contributed by atoms with Crippen molar-refractivity contribution in [2.24, 2.45) is 5.92 Å². The van der Waals surface area contributed by atoms with Gasteiger partial charge in [-0.3, -0.25) is 0 Å². The molecular weight excluding hydrogens is 270 g/mol. The fourth-order valence-electron chi connectivity index (χ4n) is 3.23. The van der Waals surface area contributed by atoms with Crippen LogP contribution >= 0.6 is 11.6 Å². The van der Waals surface area contributed by atoms with Gasteiger partial charge in [0.2, 0.25) is 0 Å². The molecule has 3 nitrogen and oxygen atoms in total. The molecule has 4 heteroatoms. The van der Waals surface area contributed by atoms with Crippen molar-refractivity contribution in [3.63, 3.8) is 0 Å². The van der Waals surface area contributed by atoms with Crippen molar-refractivity contribution in [1.29, 1.82) is 0 Å².